The van der Waals surface area contributed by atoms with Gasteiger partial charge in [-0.25, -0.2) is 4.98 Å². The monoisotopic (exact) mass is 417 g/mol. The van der Waals surface area contributed by atoms with Crippen molar-refractivity contribution in [2.45, 2.75) is 13.0 Å². The smallest absolute Gasteiger partial charge is 0.228 e. The average molecular weight is 418 g/mol. The summed E-state index contributed by atoms with van der Waals surface area (Å²) in [4.78, 5) is 11.2. The number of nitrogens with zero attached hydrogens (tertiary/aromatic N) is 2. The molecule has 1 atom stereocenters. The minimum atomic E-state index is 0.0429. The molecule has 3 heterocycles. The van der Waals surface area contributed by atoms with Gasteiger partial charge in [0.05, 0.1) is 17.6 Å². The number of amidine groups is 1. The molecule has 4 rings (SSSR count). The van der Waals surface area contributed by atoms with Crippen molar-refractivity contribution in [2.24, 2.45) is 5.16 Å². The largest absolute Gasteiger partial charge is 0.480 e. The van der Waals surface area contributed by atoms with E-state index in [1.54, 1.807) is 18.4 Å². The highest BCUT2D eigenvalue weighted by Gasteiger charge is 2.25. The van der Waals surface area contributed by atoms with E-state index in [1.807, 2.05) is 12.1 Å². The zero-order valence-electron chi connectivity index (χ0n) is 13.7. The molecule has 7 heteroatoms. The Labute approximate surface area is 157 Å². The van der Waals surface area contributed by atoms with Crippen LogP contribution in [0.4, 0.5) is 0 Å². The second-order valence-electron chi connectivity index (χ2n) is 5.71. The maximum atomic E-state index is 5.50. The molecule has 3 aromatic rings. The summed E-state index contributed by atoms with van der Waals surface area (Å²) in [5.41, 5.74) is 1.97. The Bertz CT molecular complexity index is 970. The van der Waals surface area contributed by atoms with Crippen LogP contribution in [0.5, 0.6) is 5.88 Å². The van der Waals surface area contributed by atoms with Crippen molar-refractivity contribution < 1.29 is 9.57 Å². The molecule has 1 N–H and O–H groups in total. The predicted octanol–water partition coefficient (Wildman–Crippen LogP) is 4.40. The van der Waals surface area contributed by atoms with Gasteiger partial charge in [-0.1, -0.05) is 23.4 Å². The Morgan fingerprint density at radius 3 is 2.92 bits per heavy atom. The van der Waals surface area contributed by atoms with Crippen LogP contribution < -0.4 is 10.1 Å². The first-order valence-electron chi connectivity index (χ1n) is 7.83. The van der Waals surface area contributed by atoms with Crippen LogP contribution >= 0.6 is 27.3 Å². The van der Waals surface area contributed by atoms with Crippen molar-refractivity contribution in [3.8, 4) is 5.88 Å². The highest BCUT2D eigenvalue weighted by molar-refractivity contribution is 9.10. The minimum absolute atomic E-state index is 0.0429. The highest BCUT2D eigenvalue weighted by atomic mass is 79.9. The highest BCUT2D eigenvalue weighted by Crippen LogP contribution is 2.35. The molecular weight excluding hydrogens is 402 g/mol. The maximum absolute atomic E-state index is 5.50. The molecule has 5 nitrogen and oxygen atoms in total. The zero-order chi connectivity index (χ0) is 17.4. The molecule has 0 spiro atoms. The first kappa shape index (κ1) is 16.4. The summed E-state index contributed by atoms with van der Waals surface area (Å²) in [5, 5.41) is 8.89. The normalized spacial score (nSPS) is 16.9. The summed E-state index contributed by atoms with van der Waals surface area (Å²) in [7, 11) is 1.59. The summed E-state index contributed by atoms with van der Waals surface area (Å²) in [6.07, 6.45) is 0. The van der Waals surface area contributed by atoms with Crippen LogP contribution in [0.25, 0.3) is 10.1 Å². The van der Waals surface area contributed by atoms with Crippen LogP contribution in [0.1, 0.15) is 22.2 Å². The number of thiophene rings is 1. The van der Waals surface area contributed by atoms with E-state index in [2.05, 4.69) is 62.6 Å². The first-order chi connectivity index (χ1) is 12.2. The SMILES string of the molecule is COc1nc(C2=NOCC(c3sc4ccccc4c3C)N2)ccc1Br. The Kier molecular flexibility index (Phi) is 4.35. The Hall–Kier alpha value is -2.12. The number of pyridine rings is 1. The number of fused-ring (bicyclic) bond motifs is 1. The minimum Gasteiger partial charge on any atom is -0.480 e. The zero-order valence-corrected chi connectivity index (χ0v) is 16.1. The van der Waals surface area contributed by atoms with E-state index < -0.39 is 0 Å². The van der Waals surface area contributed by atoms with Gasteiger partial charge in [-0.2, -0.15) is 0 Å². The third-order valence-electron chi connectivity index (χ3n) is 4.15. The van der Waals surface area contributed by atoms with Gasteiger partial charge in [0.1, 0.15) is 12.3 Å². The van der Waals surface area contributed by atoms with E-state index in [1.165, 1.54) is 20.5 Å². The third-order valence-corrected chi connectivity index (χ3v) is 6.14. The standard InChI is InChI=1S/C18H16BrN3O2S/c1-10-11-5-3-4-6-15(11)25-16(10)14-9-24-22-17(20-14)13-8-7-12(19)18(21-13)23-2/h3-8,14H,9H2,1-2H3,(H,20,22). The number of halogens is 1. The van der Waals surface area contributed by atoms with Gasteiger partial charge in [0.25, 0.3) is 0 Å². The Morgan fingerprint density at radius 2 is 2.12 bits per heavy atom. The van der Waals surface area contributed by atoms with Crippen LogP contribution in [-0.2, 0) is 4.84 Å². The summed E-state index contributed by atoms with van der Waals surface area (Å²) in [5.74, 6) is 1.13. The predicted molar refractivity (Wildman–Crippen MR) is 103 cm³/mol. The fourth-order valence-electron chi connectivity index (χ4n) is 2.90. The van der Waals surface area contributed by atoms with Crippen molar-refractivity contribution in [3.05, 3.63) is 57.0 Å². The van der Waals surface area contributed by atoms with Gasteiger partial charge in [-0.3, -0.25) is 0 Å². The third kappa shape index (κ3) is 2.98. The topological polar surface area (TPSA) is 55.7 Å². The van der Waals surface area contributed by atoms with Gasteiger partial charge in [0, 0.05) is 9.58 Å². The summed E-state index contributed by atoms with van der Waals surface area (Å²) in [6, 6.07) is 12.3. The lowest BCUT2D eigenvalue weighted by Gasteiger charge is -2.23. The second-order valence-corrected chi connectivity index (χ2v) is 7.65. The van der Waals surface area contributed by atoms with Crippen molar-refractivity contribution in [1.29, 1.82) is 0 Å². The summed E-state index contributed by atoms with van der Waals surface area (Å²) < 4.78 is 7.35. The van der Waals surface area contributed by atoms with E-state index in [9.17, 15) is 0 Å². The summed E-state index contributed by atoms with van der Waals surface area (Å²) >= 11 is 5.20. The lowest BCUT2D eigenvalue weighted by Crippen LogP contribution is -2.36. The van der Waals surface area contributed by atoms with E-state index >= 15 is 0 Å². The second kappa shape index (κ2) is 6.65. The number of methoxy groups -OCH3 is 1. The number of oxime groups is 1. The number of nitrogens with one attached hydrogen (secondary N) is 1. The van der Waals surface area contributed by atoms with Gasteiger partial charge in [-0.05, 0) is 52.0 Å². The number of benzene rings is 1. The maximum Gasteiger partial charge on any atom is 0.228 e. The van der Waals surface area contributed by atoms with Crippen molar-refractivity contribution in [1.82, 2.24) is 10.3 Å². The van der Waals surface area contributed by atoms with Crippen molar-refractivity contribution in [2.75, 3.05) is 13.7 Å². The molecule has 0 bridgehead atoms. The van der Waals surface area contributed by atoms with E-state index in [4.69, 9.17) is 9.57 Å². The summed E-state index contributed by atoms with van der Waals surface area (Å²) in [6.45, 7) is 2.65. The lowest BCUT2D eigenvalue weighted by molar-refractivity contribution is 0.110. The molecule has 1 aliphatic rings. The van der Waals surface area contributed by atoms with Crippen LogP contribution in [0.2, 0.25) is 0 Å². The van der Waals surface area contributed by atoms with E-state index in [0.717, 1.165) is 4.47 Å². The molecule has 1 aliphatic heterocycles. The van der Waals surface area contributed by atoms with Crippen LogP contribution in [0.3, 0.4) is 0 Å². The number of hydrogen-bond donors (Lipinski definition) is 1. The molecule has 0 radical (unpaired) electrons. The van der Waals surface area contributed by atoms with Crippen LogP contribution in [0.15, 0.2) is 46.0 Å². The van der Waals surface area contributed by atoms with Crippen LogP contribution in [-0.4, -0.2) is 24.5 Å². The van der Waals surface area contributed by atoms with E-state index in [0.29, 0.717) is 24.0 Å². The van der Waals surface area contributed by atoms with E-state index in [-0.39, 0.29) is 6.04 Å². The molecule has 0 amide bonds. The Balaban J connectivity index is 1.66. The lowest BCUT2D eigenvalue weighted by atomic mass is 10.1. The van der Waals surface area contributed by atoms with Crippen molar-refractivity contribution in [3.63, 3.8) is 0 Å². The fourth-order valence-corrected chi connectivity index (χ4v) is 4.53. The molecule has 1 aromatic carbocycles. The van der Waals surface area contributed by atoms with Crippen molar-refractivity contribution >= 4 is 43.2 Å². The molecule has 0 aliphatic carbocycles. The number of aryl methyl sites for hydroxylation is 1. The van der Waals surface area contributed by atoms with Gasteiger partial charge < -0.3 is 14.9 Å². The molecule has 0 fully saturated rings. The molecule has 0 saturated heterocycles. The number of hydrogen-bond acceptors (Lipinski definition) is 6. The van der Waals surface area contributed by atoms with Crippen LogP contribution in [0, 0.1) is 6.92 Å². The number of ether oxygens (including phenoxy) is 1. The molecular formula is C18H16BrN3O2S. The van der Waals surface area contributed by atoms with Gasteiger partial charge in [0.15, 0.2) is 5.84 Å². The number of aromatic nitrogens is 1. The Morgan fingerprint density at radius 1 is 1.28 bits per heavy atom. The molecule has 0 saturated carbocycles. The molecule has 128 valence electrons. The quantitative estimate of drug-likeness (QED) is 0.685. The number of rotatable bonds is 3. The molecule has 2 aromatic heterocycles. The molecule has 25 heavy (non-hydrogen) atoms. The van der Waals surface area contributed by atoms with Gasteiger partial charge in [-0.15, -0.1) is 11.3 Å². The van der Waals surface area contributed by atoms with Gasteiger partial charge >= 0.3 is 0 Å². The molecule has 1 unspecified atom stereocenters. The van der Waals surface area contributed by atoms with Gasteiger partial charge in [0.2, 0.25) is 5.88 Å². The average Bonchev–Trinajstić information content (AvgIpc) is 2.99. The fraction of sp³-hybridized carbons (Fsp3) is 0.222. The first-order valence-corrected chi connectivity index (χ1v) is 9.43.